The Kier molecular flexibility index (Phi) is 5.08. The van der Waals surface area contributed by atoms with Gasteiger partial charge in [0, 0.05) is 9.35 Å². The van der Waals surface area contributed by atoms with Crippen molar-refractivity contribution in [2.45, 2.75) is 12.5 Å². The molecule has 2 N–H and O–H groups in total. The first-order chi connectivity index (χ1) is 9.99. The largest absolute Gasteiger partial charge is 0.481 e. The average molecular weight is 372 g/mol. The molecule has 0 aliphatic rings. The molecule has 21 heavy (non-hydrogen) atoms. The van der Waals surface area contributed by atoms with Gasteiger partial charge in [-0.05, 0) is 39.5 Å². The number of thiophene rings is 1. The summed E-state index contributed by atoms with van der Waals surface area (Å²) in [6.07, 6.45) is -0.266. The zero-order valence-electron chi connectivity index (χ0n) is 10.7. The zero-order valence-corrected chi connectivity index (χ0v) is 13.1. The van der Waals surface area contributed by atoms with Crippen molar-refractivity contribution in [1.29, 1.82) is 0 Å². The lowest BCUT2D eigenvalue weighted by molar-refractivity contribution is -0.137. The third-order valence-electron chi connectivity index (χ3n) is 2.76. The van der Waals surface area contributed by atoms with Crippen LogP contribution < -0.4 is 5.32 Å². The average Bonchev–Trinajstić information content (AvgIpc) is 2.90. The summed E-state index contributed by atoms with van der Waals surface area (Å²) >= 11 is 4.46. The Hall–Kier alpha value is -1.73. The fourth-order valence-corrected chi connectivity index (χ4v) is 3.13. The summed E-state index contributed by atoms with van der Waals surface area (Å²) < 4.78 is 14.1. The SMILES string of the molecule is O=C(O)CC(NC(=O)c1c(F)cccc1Br)c1cccs1. The molecule has 2 rings (SSSR count). The predicted octanol–water partition coefficient (Wildman–Crippen LogP) is 3.60. The maximum absolute atomic E-state index is 13.8. The van der Waals surface area contributed by atoms with E-state index in [1.165, 1.54) is 23.5 Å². The minimum absolute atomic E-state index is 0.135. The molecule has 0 aliphatic carbocycles. The van der Waals surface area contributed by atoms with Crippen LogP contribution in [0.2, 0.25) is 0 Å². The normalized spacial score (nSPS) is 11.9. The van der Waals surface area contributed by atoms with E-state index in [-0.39, 0.29) is 12.0 Å². The van der Waals surface area contributed by atoms with Crippen molar-refractivity contribution in [3.63, 3.8) is 0 Å². The standard InChI is InChI=1S/C14H11BrFNO3S/c15-8-3-1-4-9(16)13(8)14(20)17-10(7-12(18)19)11-5-2-6-21-11/h1-6,10H,7H2,(H,17,20)(H,18,19). The third-order valence-corrected chi connectivity index (χ3v) is 4.41. The van der Waals surface area contributed by atoms with Crippen molar-refractivity contribution >= 4 is 39.1 Å². The van der Waals surface area contributed by atoms with E-state index in [2.05, 4.69) is 21.2 Å². The number of hydrogen-bond acceptors (Lipinski definition) is 3. The first kappa shape index (κ1) is 15.7. The Balaban J connectivity index is 2.24. The summed E-state index contributed by atoms with van der Waals surface area (Å²) in [4.78, 5) is 23.8. The van der Waals surface area contributed by atoms with E-state index in [9.17, 15) is 14.0 Å². The molecule has 0 saturated carbocycles. The van der Waals surface area contributed by atoms with Crippen molar-refractivity contribution < 1.29 is 19.1 Å². The van der Waals surface area contributed by atoms with Crippen LogP contribution in [0.15, 0.2) is 40.2 Å². The minimum atomic E-state index is -1.04. The van der Waals surface area contributed by atoms with Crippen LogP contribution >= 0.6 is 27.3 Å². The van der Waals surface area contributed by atoms with Gasteiger partial charge in [0.25, 0.3) is 5.91 Å². The Morgan fingerprint density at radius 1 is 1.33 bits per heavy atom. The van der Waals surface area contributed by atoms with E-state index in [0.29, 0.717) is 9.35 Å². The lowest BCUT2D eigenvalue weighted by Gasteiger charge is -2.16. The molecule has 1 aromatic heterocycles. The van der Waals surface area contributed by atoms with Crippen molar-refractivity contribution in [2.75, 3.05) is 0 Å². The molecule has 0 bridgehead atoms. The van der Waals surface area contributed by atoms with E-state index in [0.717, 1.165) is 0 Å². The number of aliphatic carboxylic acids is 1. The highest BCUT2D eigenvalue weighted by atomic mass is 79.9. The number of carbonyl (C=O) groups is 2. The summed E-state index contributed by atoms with van der Waals surface area (Å²) in [6, 6.07) is 7.01. The monoisotopic (exact) mass is 371 g/mol. The molecule has 1 unspecified atom stereocenters. The summed E-state index contributed by atoms with van der Waals surface area (Å²) in [5, 5.41) is 13.3. The van der Waals surface area contributed by atoms with Crippen LogP contribution in [-0.4, -0.2) is 17.0 Å². The van der Waals surface area contributed by atoms with Crippen molar-refractivity contribution in [3.8, 4) is 0 Å². The number of amides is 1. The van der Waals surface area contributed by atoms with Crippen LogP contribution in [0, 0.1) is 5.82 Å². The Morgan fingerprint density at radius 3 is 2.67 bits per heavy atom. The van der Waals surface area contributed by atoms with Gasteiger partial charge in [0.15, 0.2) is 0 Å². The number of rotatable bonds is 5. The van der Waals surface area contributed by atoms with Crippen LogP contribution in [0.5, 0.6) is 0 Å². The first-order valence-corrected chi connectivity index (χ1v) is 7.66. The molecule has 1 aromatic carbocycles. The number of hydrogen-bond donors (Lipinski definition) is 2. The van der Waals surface area contributed by atoms with E-state index in [1.54, 1.807) is 23.6 Å². The second kappa shape index (κ2) is 6.82. The summed E-state index contributed by atoms with van der Waals surface area (Å²) in [7, 11) is 0. The van der Waals surface area contributed by atoms with Gasteiger partial charge < -0.3 is 10.4 Å². The molecule has 0 radical (unpaired) electrons. The summed E-state index contributed by atoms with van der Waals surface area (Å²) in [6.45, 7) is 0. The number of carboxylic acid groups (broad SMARTS) is 1. The second-order valence-corrected chi connectivity index (χ2v) is 6.07. The van der Waals surface area contributed by atoms with Gasteiger partial charge in [0.1, 0.15) is 5.82 Å². The van der Waals surface area contributed by atoms with Crippen LogP contribution in [0.4, 0.5) is 4.39 Å². The summed E-state index contributed by atoms with van der Waals surface area (Å²) in [5.41, 5.74) is -0.135. The van der Waals surface area contributed by atoms with Crippen molar-refractivity contribution in [3.05, 3.63) is 56.4 Å². The topological polar surface area (TPSA) is 66.4 Å². The molecule has 2 aromatic rings. The minimum Gasteiger partial charge on any atom is -0.481 e. The number of halogens is 2. The van der Waals surface area contributed by atoms with Crippen LogP contribution in [0.1, 0.15) is 27.7 Å². The van der Waals surface area contributed by atoms with E-state index < -0.39 is 23.7 Å². The molecule has 0 fully saturated rings. The molecular formula is C14H11BrFNO3S. The maximum atomic E-state index is 13.8. The highest BCUT2D eigenvalue weighted by molar-refractivity contribution is 9.10. The maximum Gasteiger partial charge on any atom is 0.305 e. The molecule has 1 atom stereocenters. The number of nitrogens with one attached hydrogen (secondary N) is 1. The van der Waals surface area contributed by atoms with E-state index in [4.69, 9.17) is 5.11 Å². The van der Waals surface area contributed by atoms with Gasteiger partial charge in [0.05, 0.1) is 18.0 Å². The molecular weight excluding hydrogens is 361 g/mol. The Bertz CT molecular complexity index is 640. The molecule has 7 heteroatoms. The molecule has 4 nitrogen and oxygen atoms in total. The fourth-order valence-electron chi connectivity index (χ4n) is 1.83. The quantitative estimate of drug-likeness (QED) is 0.843. The zero-order chi connectivity index (χ0) is 15.4. The third kappa shape index (κ3) is 3.89. The van der Waals surface area contributed by atoms with Gasteiger partial charge in [-0.15, -0.1) is 11.3 Å². The molecule has 0 spiro atoms. The number of carbonyl (C=O) groups excluding carboxylic acids is 1. The lowest BCUT2D eigenvalue weighted by Crippen LogP contribution is -2.30. The molecule has 0 aliphatic heterocycles. The van der Waals surface area contributed by atoms with Gasteiger partial charge in [-0.1, -0.05) is 12.1 Å². The van der Waals surface area contributed by atoms with Gasteiger partial charge in [-0.25, -0.2) is 4.39 Å². The Labute approximate surface area is 132 Å². The number of carboxylic acids is 1. The molecule has 0 saturated heterocycles. The van der Waals surface area contributed by atoms with Crippen molar-refractivity contribution in [2.24, 2.45) is 0 Å². The first-order valence-electron chi connectivity index (χ1n) is 5.99. The van der Waals surface area contributed by atoms with Gasteiger partial charge in [-0.2, -0.15) is 0 Å². The smallest absolute Gasteiger partial charge is 0.305 e. The van der Waals surface area contributed by atoms with E-state index >= 15 is 0 Å². The predicted molar refractivity (Wildman–Crippen MR) is 80.9 cm³/mol. The highest BCUT2D eigenvalue weighted by Gasteiger charge is 2.22. The van der Waals surface area contributed by atoms with Crippen LogP contribution in [-0.2, 0) is 4.79 Å². The number of benzene rings is 1. The molecule has 1 heterocycles. The highest BCUT2D eigenvalue weighted by Crippen LogP contribution is 2.25. The fraction of sp³-hybridized carbons (Fsp3) is 0.143. The molecule has 110 valence electrons. The van der Waals surface area contributed by atoms with Crippen molar-refractivity contribution in [1.82, 2.24) is 5.32 Å². The van der Waals surface area contributed by atoms with E-state index in [1.807, 2.05) is 0 Å². The Morgan fingerprint density at radius 2 is 2.10 bits per heavy atom. The van der Waals surface area contributed by atoms with Gasteiger partial charge in [-0.3, -0.25) is 9.59 Å². The lowest BCUT2D eigenvalue weighted by atomic mass is 10.1. The van der Waals surface area contributed by atoms with Crippen LogP contribution in [0.3, 0.4) is 0 Å². The second-order valence-electron chi connectivity index (χ2n) is 4.24. The molecule has 1 amide bonds. The van der Waals surface area contributed by atoms with Gasteiger partial charge >= 0.3 is 5.97 Å². The van der Waals surface area contributed by atoms with Gasteiger partial charge in [0.2, 0.25) is 0 Å². The summed E-state index contributed by atoms with van der Waals surface area (Å²) in [5.74, 6) is -2.36. The van der Waals surface area contributed by atoms with Crippen LogP contribution in [0.25, 0.3) is 0 Å².